The third-order valence-corrected chi connectivity index (χ3v) is 4.12. The molecule has 0 aliphatic heterocycles. The average molecular weight is 304 g/mol. The lowest BCUT2D eigenvalue weighted by atomic mass is 9.86. The molecule has 0 aliphatic carbocycles. The highest BCUT2D eigenvalue weighted by atomic mass is 32.1. The maximum absolute atomic E-state index is 9.62. The van der Waals surface area contributed by atoms with E-state index in [2.05, 4.69) is 53.8 Å². The topological polar surface area (TPSA) is 45.1 Å². The van der Waals surface area contributed by atoms with Crippen molar-refractivity contribution >= 4 is 11.3 Å². The van der Waals surface area contributed by atoms with Crippen molar-refractivity contribution < 1.29 is 5.11 Å². The summed E-state index contributed by atoms with van der Waals surface area (Å²) in [4.78, 5) is 4.46. The van der Waals surface area contributed by atoms with E-state index in [4.69, 9.17) is 0 Å². The molecule has 1 aromatic carbocycles. The molecule has 4 heteroatoms. The van der Waals surface area contributed by atoms with Crippen LogP contribution in [0.15, 0.2) is 41.2 Å². The molecule has 0 saturated carbocycles. The molecule has 2 N–H and O–H groups in total. The fourth-order valence-corrected chi connectivity index (χ4v) is 3.23. The zero-order chi connectivity index (χ0) is 15.3. The van der Waals surface area contributed by atoms with E-state index in [0.29, 0.717) is 0 Å². The molecule has 0 radical (unpaired) electrons. The standard InChI is InChI=1S/C17H24N2OS/c1-13(20)9-17(2,3)11-18-16(15-10-21-12-19-15)14-7-5-4-6-8-14/h4-8,10,12-13,16,18,20H,9,11H2,1-3H3. The van der Waals surface area contributed by atoms with E-state index < -0.39 is 0 Å². The lowest BCUT2D eigenvalue weighted by Crippen LogP contribution is -2.35. The number of thiazole rings is 1. The van der Waals surface area contributed by atoms with Gasteiger partial charge in [-0.15, -0.1) is 11.3 Å². The number of rotatable bonds is 7. The number of benzene rings is 1. The molecule has 2 atom stereocenters. The SMILES string of the molecule is CC(O)CC(C)(C)CNC(c1ccccc1)c1cscn1. The van der Waals surface area contributed by atoms with Gasteiger partial charge in [-0.3, -0.25) is 0 Å². The van der Waals surface area contributed by atoms with Gasteiger partial charge < -0.3 is 10.4 Å². The summed E-state index contributed by atoms with van der Waals surface area (Å²) >= 11 is 1.62. The van der Waals surface area contributed by atoms with Gasteiger partial charge in [0.05, 0.1) is 23.4 Å². The smallest absolute Gasteiger partial charge is 0.0795 e. The Hall–Kier alpha value is -1.23. The van der Waals surface area contributed by atoms with Gasteiger partial charge in [0.25, 0.3) is 0 Å². The van der Waals surface area contributed by atoms with Gasteiger partial charge >= 0.3 is 0 Å². The Morgan fingerprint density at radius 3 is 2.57 bits per heavy atom. The highest BCUT2D eigenvalue weighted by Crippen LogP contribution is 2.26. The van der Waals surface area contributed by atoms with Crippen molar-refractivity contribution in [3.8, 4) is 0 Å². The van der Waals surface area contributed by atoms with Gasteiger partial charge in [0, 0.05) is 11.9 Å². The first-order valence-corrected chi connectivity index (χ1v) is 8.27. The fraction of sp³-hybridized carbons (Fsp3) is 0.471. The molecule has 21 heavy (non-hydrogen) atoms. The Bertz CT molecular complexity index is 523. The molecule has 0 aliphatic rings. The second-order valence-electron chi connectivity index (χ2n) is 6.36. The molecule has 3 nitrogen and oxygen atoms in total. The van der Waals surface area contributed by atoms with Crippen LogP contribution in [0.1, 0.15) is 44.5 Å². The summed E-state index contributed by atoms with van der Waals surface area (Å²) in [5.41, 5.74) is 4.18. The summed E-state index contributed by atoms with van der Waals surface area (Å²) in [6.07, 6.45) is 0.495. The normalized spacial score (nSPS) is 14.9. The van der Waals surface area contributed by atoms with Crippen molar-refractivity contribution in [3.63, 3.8) is 0 Å². The Labute approximate surface area is 131 Å². The Kier molecular flexibility index (Phi) is 5.51. The molecular formula is C17H24N2OS. The maximum Gasteiger partial charge on any atom is 0.0795 e. The lowest BCUT2D eigenvalue weighted by molar-refractivity contribution is 0.127. The Morgan fingerprint density at radius 1 is 1.29 bits per heavy atom. The van der Waals surface area contributed by atoms with Crippen molar-refractivity contribution in [2.75, 3.05) is 6.54 Å². The highest BCUT2D eigenvalue weighted by Gasteiger charge is 2.23. The molecule has 1 aromatic heterocycles. The van der Waals surface area contributed by atoms with Crippen LogP contribution in [-0.2, 0) is 0 Å². The van der Waals surface area contributed by atoms with Crippen molar-refractivity contribution in [1.82, 2.24) is 10.3 Å². The monoisotopic (exact) mass is 304 g/mol. The molecule has 114 valence electrons. The van der Waals surface area contributed by atoms with Crippen LogP contribution in [-0.4, -0.2) is 22.7 Å². The minimum atomic E-state index is -0.281. The predicted octanol–water partition coefficient (Wildman–Crippen LogP) is 3.62. The van der Waals surface area contributed by atoms with Gasteiger partial charge in [0.1, 0.15) is 0 Å². The number of hydrogen-bond acceptors (Lipinski definition) is 4. The van der Waals surface area contributed by atoms with Gasteiger partial charge in [-0.1, -0.05) is 44.2 Å². The van der Waals surface area contributed by atoms with Crippen molar-refractivity contribution in [1.29, 1.82) is 0 Å². The van der Waals surface area contributed by atoms with Crippen LogP contribution in [0, 0.1) is 5.41 Å². The first kappa shape index (κ1) is 16.1. The van der Waals surface area contributed by atoms with Gasteiger partial charge in [0.2, 0.25) is 0 Å². The van der Waals surface area contributed by atoms with Crippen LogP contribution < -0.4 is 5.32 Å². The molecule has 2 rings (SSSR count). The van der Waals surface area contributed by atoms with Gasteiger partial charge in [0.15, 0.2) is 0 Å². The highest BCUT2D eigenvalue weighted by molar-refractivity contribution is 7.07. The minimum absolute atomic E-state index is 0.0389. The van der Waals surface area contributed by atoms with E-state index in [-0.39, 0.29) is 17.6 Å². The molecule has 0 spiro atoms. The van der Waals surface area contributed by atoms with Crippen molar-refractivity contribution in [2.24, 2.45) is 5.41 Å². The number of aromatic nitrogens is 1. The molecule has 1 heterocycles. The number of nitrogens with zero attached hydrogens (tertiary/aromatic N) is 1. The van der Waals surface area contributed by atoms with Crippen molar-refractivity contribution in [3.05, 3.63) is 52.5 Å². The average Bonchev–Trinajstić information content (AvgIpc) is 2.92. The van der Waals surface area contributed by atoms with Gasteiger partial charge in [-0.25, -0.2) is 4.98 Å². The summed E-state index contributed by atoms with van der Waals surface area (Å²) in [5, 5.41) is 15.3. The fourth-order valence-electron chi connectivity index (χ4n) is 2.65. The van der Waals surface area contributed by atoms with Crippen LogP contribution in [0.2, 0.25) is 0 Å². The number of aliphatic hydroxyl groups excluding tert-OH is 1. The second kappa shape index (κ2) is 7.16. The molecular weight excluding hydrogens is 280 g/mol. The number of aliphatic hydroxyl groups is 1. The third-order valence-electron chi connectivity index (χ3n) is 3.51. The summed E-state index contributed by atoms with van der Waals surface area (Å²) < 4.78 is 0. The third kappa shape index (κ3) is 4.92. The second-order valence-corrected chi connectivity index (χ2v) is 7.07. The van der Waals surface area contributed by atoms with Crippen LogP contribution in [0.4, 0.5) is 0 Å². The molecule has 0 saturated heterocycles. The number of hydrogen-bond donors (Lipinski definition) is 2. The van der Waals surface area contributed by atoms with Crippen LogP contribution in [0.5, 0.6) is 0 Å². The van der Waals surface area contributed by atoms with E-state index in [9.17, 15) is 5.11 Å². The Balaban J connectivity index is 2.11. The molecule has 0 bridgehead atoms. The largest absolute Gasteiger partial charge is 0.393 e. The van der Waals surface area contributed by atoms with E-state index in [1.54, 1.807) is 11.3 Å². The zero-order valence-corrected chi connectivity index (χ0v) is 13.7. The summed E-state index contributed by atoms with van der Waals surface area (Å²) in [6, 6.07) is 10.5. The molecule has 0 amide bonds. The minimum Gasteiger partial charge on any atom is -0.393 e. The van der Waals surface area contributed by atoms with E-state index in [1.807, 2.05) is 18.5 Å². The predicted molar refractivity (Wildman–Crippen MR) is 88.5 cm³/mol. The van der Waals surface area contributed by atoms with Crippen LogP contribution >= 0.6 is 11.3 Å². The first-order chi connectivity index (χ1) is 9.98. The summed E-state index contributed by atoms with van der Waals surface area (Å²) in [7, 11) is 0. The molecule has 2 unspecified atom stereocenters. The maximum atomic E-state index is 9.62. The lowest BCUT2D eigenvalue weighted by Gasteiger charge is -2.29. The Morgan fingerprint density at radius 2 is 2.00 bits per heavy atom. The quantitative estimate of drug-likeness (QED) is 0.821. The first-order valence-electron chi connectivity index (χ1n) is 7.32. The molecule has 0 fully saturated rings. The van der Waals surface area contributed by atoms with Gasteiger partial charge in [-0.2, -0.15) is 0 Å². The summed E-state index contributed by atoms with van der Waals surface area (Å²) in [5.74, 6) is 0. The van der Waals surface area contributed by atoms with Gasteiger partial charge in [-0.05, 0) is 24.3 Å². The van der Waals surface area contributed by atoms with Crippen LogP contribution in [0.25, 0.3) is 0 Å². The summed E-state index contributed by atoms with van der Waals surface area (Å²) in [6.45, 7) is 7.03. The van der Waals surface area contributed by atoms with E-state index in [0.717, 1.165) is 18.7 Å². The van der Waals surface area contributed by atoms with E-state index in [1.165, 1.54) is 5.56 Å². The van der Waals surface area contributed by atoms with Crippen molar-refractivity contribution in [2.45, 2.75) is 39.3 Å². The van der Waals surface area contributed by atoms with Crippen LogP contribution in [0.3, 0.4) is 0 Å². The molecule has 2 aromatic rings. The number of nitrogens with one attached hydrogen (secondary N) is 1. The van der Waals surface area contributed by atoms with E-state index >= 15 is 0 Å². The zero-order valence-electron chi connectivity index (χ0n) is 12.9.